The van der Waals surface area contributed by atoms with Crippen molar-refractivity contribution in [2.45, 2.75) is 0 Å². The van der Waals surface area contributed by atoms with E-state index in [9.17, 15) is 4.79 Å². The van der Waals surface area contributed by atoms with Crippen molar-refractivity contribution >= 4 is 23.7 Å². The largest absolute Gasteiger partial charge is 0.482 e. The van der Waals surface area contributed by atoms with Gasteiger partial charge >= 0.3 is 0 Å². The number of ether oxygens (including phenoxy) is 3. The third-order valence-electron chi connectivity index (χ3n) is 3.25. The molecular formula is C17H12ClN3O4. The molecule has 0 saturated heterocycles. The number of hydrogen-bond donors (Lipinski definition) is 1. The fraction of sp³-hybridized carbons (Fsp3) is 0.118. The Morgan fingerprint density at radius 3 is 2.92 bits per heavy atom. The van der Waals surface area contributed by atoms with E-state index >= 15 is 0 Å². The quantitative estimate of drug-likeness (QED) is 0.655. The van der Waals surface area contributed by atoms with Crippen LogP contribution in [0.3, 0.4) is 0 Å². The number of amides is 1. The van der Waals surface area contributed by atoms with Crippen LogP contribution in [0.4, 0.5) is 0 Å². The number of carbonyl (C=O) groups excluding carboxylic acids is 1. The van der Waals surface area contributed by atoms with Crippen molar-refractivity contribution in [3.05, 3.63) is 52.5 Å². The van der Waals surface area contributed by atoms with Gasteiger partial charge < -0.3 is 14.2 Å². The Labute approximate surface area is 148 Å². The van der Waals surface area contributed by atoms with E-state index in [0.717, 1.165) is 0 Å². The number of rotatable bonds is 5. The van der Waals surface area contributed by atoms with E-state index < -0.39 is 5.91 Å². The van der Waals surface area contributed by atoms with Gasteiger partial charge in [-0.1, -0.05) is 23.7 Å². The molecule has 3 rings (SSSR count). The van der Waals surface area contributed by atoms with E-state index in [-0.39, 0.29) is 13.4 Å². The molecule has 1 N–H and O–H groups in total. The lowest BCUT2D eigenvalue weighted by Crippen LogP contribution is -2.24. The zero-order chi connectivity index (χ0) is 17.6. The average molecular weight is 358 g/mol. The summed E-state index contributed by atoms with van der Waals surface area (Å²) in [6.45, 7) is -0.130. The van der Waals surface area contributed by atoms with Crippen molar-refractivity contribution in [3.63, 3.8) is 0 Å². The maximum absolute atomic E-state index is 11.8. The van der Waals surface area contributed by atoms with E-state index in [2.05, 4.69) is 10.5 Å². The molecule has 2 aromatic carbocycles. The highest BCUT2D eigenvalue weighted by molar-refractivity contribution is 6.33. The maximum atomic E-state index is 11.8. The summed E-state index contributed by atoms with van der Waals surface area (Å²) in [4.78, 5) is 11.8. The molecule has 0 aliphatic carbocycles. The van der Waals surface area contributed by atoms with Gasteiger partial charge in [-0.25, -0.2) is 5.43 Å². The van der Waals surface area contributed by atoms with Gasteiger partial charge in [0.1, 0.15) is 11.8 Å². The summed E-state index contributed by atoms with van der Waals surface area (Å²) in [6, 6.07) is 11.9. The van der Waals surface area contributed by atoms with E-state index in [1.165, 1.54) is 6.21 Å². The number of fused-ring (bicyclic) bond motifs is 1. The predicted molar refractivity (Wildman–Crippen MR) is 90.0 cm³/mol. The minimum atomic E-state index is -0.471. The number of nitriles is 1. The number of halogens is 1. The molecule has 2 aromatic rings. The summed E-state index contributed by atoms with van der Waals surface area (Å²) in [5.74, 6) is 0.994. The van der Waals surface area contributed by atoms with Crippen molar-refractivity contribution in [3.8, 4) is 23.3 Å². The van der Waals surface area contributed by atoms with Crippen LogP contribution in [0.2, 0.25) is 5.02 Å². The lowest BCUT2D eigenvalue weighted by Gasteiger charge is -2.06. The zero-order valence-electron chi connectivity index (χ0n) is 12.9. The molecule has 25 heavy (non-hydrogen) atoms. The van der Waals surface area contributed by atoms with Gasteiger partial charge in [-0.05, 0) is 18.2 Å². The molecule has 1 aliphatic rings. The van der Waals surface area contributed by atoms with Gasteiger partial charge in [0.25, 0.3) is 5.91 Å². The first-order valence-electron chi connectivity index (χ1n) is 7.20. The van der Waals surface area contributed by atoms with Gasteiger partial charge in [0.05, 0.1) is 16.8 Å². The van der Waals surface area contributed by atoms with Gasteiger partial charge in [-0.2, -0.15) is 10.4 Å². The van der Waals surface area contributed by atoms with Crippen molar-refractivity contribution in [2.24, 2.45) is 5.10 Å². The lowest BCUT2D eigenvalue weighted by molar-refractivity contribution is -0.123. The first-order valence-corrected chi connectivity index (χ1v) is 7.58. The van der Waals surface area contributed by atoms with Crippen molar-refractivity contribution < 1.29 is 19.0 Å². The van der Waals surface area contributed by atoms with Crippen LogP contribution >= 0.6 is 11.6 Å². The third kappa shape index (κ3) is 4.00. The third-order valence-corrected chi connectivity index (χ3v) is 3.58. The molecule has 0 fully saturated rings. The minimum absolute atomic E-state index is 0.143. The molecule has 0 aromatic heterocycles. The number of carbonyl (C=O) groups is 1. The molecule has 1 aliphatic heterocycles. The Morgan fingerprint density at radius 1 is 1.36 bits per heavy atom. The molecule has 1 heterocycles. The molecule has 0 saturated carbocycles. The summed E-state index contributed by atoms with van der Waals surface area (Å²) in [7, 11) is 0. The zero-order valence-corrected chi connectivity index (χ0v) is 13.6. The molecule has 0 bridgehead atoms. The van der Waals surface area contributed by atoms with Gasteiger partial charge in [0, 0.05) is 11.6 Å². The number of hydrogen-bond acceptors (Lipinski definition) is 6. The topological polar surface area (TPSA) is 92.9 Å². The smallest absolute Gasteiger partial charge is 0.277 e. The SMILES string of the molecule is N#Cc1ccccc1OCC(=O)NN=Cc1cc2c(cc1Cl)OCO2. The van der Waals surface area contributed by atoms with Gasteiger partial charge in [0.2, 0.25) is 6.79 Å². The van der Waals surface area contributed by atoms with Crippen LogP contribution in [0.15, 0.2) is 41.5 Å². The summed E-state index contributed by atoms with van der Waals surface area (Å²) in [5.41, 5.74) is 3.25. The number of benzene rings is 2. The Bertz CT molecular complexity index is 877. The van der Waals surface area contributed by atoms with Crippen LogP contribution < -0.4 is 19.6 Å². The molecule has 1 amide bonds. The highest BCUT2D eigenvalue weighted by atomic mass is 35.5. The number of nitrogens with one attached hydrogen (secondary N) is 1. The molecule has 0 unspecified atom stereocenters. The van der Waals surface area contributed by atoms with E-state index in [1.54, 1.807) is 36.4 Å². The fourth-order valence-corrected chi connectivity index (χ4v) is 2.27. The van der Waals surface area contributed by atoms with E-state index in [0.29, 0.717) is 33.4 Å². The van der Waals surface area contributed by atoms with Crippen molar-refractivity contribution in [2.75, 3.05) is 13.4 Å². The van der Waals surface area contributed by atoms with Crippen molar-refractivity contribution in [1.82, 2.24) is 5.43 Å². The Kier molecular flexibility index (Phi) is 5.02. The number of nitrogens with zero attached hydrogens (tertiary/aromatic N) is 2. The Morgan fingerprint density at radius 2 is 2.12 bits per heavy atom. The van der Waals surface area contributed by atoms with Crippen LogP contribution in [0.5, 0.6) is 17.2 Å². The van der Waals surface area contributed by atoms with Gasteiger partial charge in [0.15, 0.2) is 18.1 Å². The van der Waals surface area contributed by atoms with Crippen LogP contribution in [0.25, 0.3) is 0 Å². The molecule has 7 nitrogen and oxygen atoms in total. The molecule has 8 heteroatoms. The van der Waals surface area contributed by atoms with Crippen LogP contribution in [-0.2, 0) is 4.79 Å². The van der Waals surface area contributed by atoms with Crippen LogP contribution in [-0.4, -0.2) is 25.5 Å². The highest BCUT2D eigenvalue weighted by Crippen LogP contribution is 2.36. The second kappa shape index (κ2) is 7.55. The average Bonchev–Trinajstić information content (AvgIpc) is 3.07. The van der Waals surface area contributed by atoms with Gasteiger partial charge in [-0.15, -0.1) is 0 Å². The normalized spacial score (nSPS) is 12.0. The predicted octanol–water partition coefficient (Wildman–Crippen LogP) is 2.47. The number of hydrazone groups is 1. The Hall–Kier alpha value is -3.24. The van der Waals surface area contributed by atoms with Gasteiger partial charge in [-0.3, -0.25) is 4.79 Å². The molecule has 0 radical (unpaired) electrons. The molecule has 126 valence electrons. The second-order valence-corrected chi connectivity index (χ2v) is 5.32. The molecule has 0 atom stereocenters. The first-order chi connectivity index (χ1) is 12.2. The summed E-state index contributed by atoms with van der Waals surface area (Å²) in [6.07, 6.45) is 1.39. The second-order valence-electron chi connectivity index (χ2n) is 4.92. The summed E-state index contributed by atoms with van der Waals surface area (Å²) >= 11 is 6.10. The maximum Gasteiger partial charge on any atom is 0.277 e. The standard InChI is InChI=1S/C17H12ClN3O4/c18-13-6-16-15(24-10-25-16)5-12(13)8-20-21-17(22)9-23-14-4-2-1-3-11(14)7-19/h1-6,8H,9-10H2,(H,21,22). The Balaban J connectivity index is 1.56. The highest BCUT2D eigenvalue weighted by Gasteiger charge is 2.15. The lowest BCUT2D eigenvalue weighted by atomic mass is 10.2. The molecular weight excluding hydrogens is 346 g/mol. The van der Waals surface area contributed by atoms with Crippen molar-refractivity contribution in [1.29, 1.82) is 5.26 Å². The monoisotopic (exact) mass is 357 g/mol. The van der Waals surface area contributed by atoms with E-state index in [1.807, 2.05) is 6.07 Å². The molecule has 0 spiro atoms. The van der Waals surface area contributed by atoms with E-state index in [4.69, 9.17) is 31.1 Å². The minimum Gasteiger partial charge on any atom is -0.482 e. The summed E-state index contributed by atoms with van der Waals surface area (Å²) in [5, 5.41) is 13.2. The van der Waals surface area contributed by atoms with Crippen LogP contribution in [0, 0.1) is 11.3 Å². The first kappa shape index (κ1) is 16.6. The summed E-state index contributed by atoms with van der Waals surface area (Å²) < 4.78 is 15.8. The van der Waals surface area contributed by atoms with Crippen LogP contribution in [0.1, 0.15) is 11.1 Å². The fourth-order valence-electron chi connectivity index (χ4n) is 2.07. The number of para-hydroxylation sites is 1.